The Morgan fingerprint density at radius 3 is 2.35 bits per heavy atom. The normalized spacial score (nSPS) is 15.2. The number of esters is 1. The summed E-state index contributed by atoms with van der Waals surface area (Å²) in [5.74, 6) is 0.0245. The topological polar surface area (TPSA) is 97.4 Å². The average molecular weight is 486 g/mol. The van der Waals surface area contributed by atoms with Crippen LogP contribution in [0.15, 0.2) is 42.5 Å². The van der Waals surface area contributed by atoms with Crippen LogP contribution in [0, 0.1) is 0 Å². The number of nitrogens with one attached hydrogen (secondary N) is 1. The Balaban J connectivity index is 1.79. The second-order valence-corrected chi connectivity index (χ2v) is 7.90. The van der Waals surface area contributed by atoms with Crippen LogP contribution in [-0.2, 0) is 20.7 Å². The van der Waals surface area contributed by atoms with Crippen molar-refractivity contribution in [2.75, 3.05) is 39.8 Å². The first-order chi connectivity index (χ1) is 16.3. The molecule has 0 spiro atoms. The van der Waals surface area contributed by atoms with Gasteiger partial charge in [-0.05, 0) is 60.6 Å². The molecule has 0 unspecified atom stereocenters. The number of hydrogen-bond acceptors (Lipinski definition) is 7. The van der Waals surface area contributed by atoms with Crippen molar-refractivity contribution in [3.63, 3.8) is 0 Å². The Kier molecular flexibility index (Phi) is 8.06. The van der Waals surface area contributed by atoms with Crippen LogP contribution in [-0.4, -0.2) is 68.8 Å². The van der Waals surface area contributed by atoms with E-state index in [1.165, 1.54) is 19.2 Å². The molecule has 1 aliphatic rings. The maximum Gasteiger partial charge on any atom is 0.337 e. The molecule has 0 aliphatic carbocycles. The van der Waals surface area contributed by atoms with Crippen molar-refractivity contribution >= 4 is 40.8 Å². The largest absolute Gasteiger partial charge is 0.493 e. The fourth-order valence-corrected chi connectivity index (χ4v) is 4.04. The lowest BCUT2D eigenvalue weighted by Crippen LogP contribution is -2.49. The van der Waals surface area contributed by atoms with Gasteiger partial charge in [0.2, 0.25) is 5.91 Å². The lowest BCUT2D eigenvalue weighted by molar-refractivity contribution is -0.122. The molecule has 1 fully saturated rings. The summed E-state index contributed by atoms with van der Waals surface area (Å²) in [7, 11) is 6.10. The van der Waals surface area contributed by atoms with E-state index in [0.717, 1.165) is 10.5 Å². The highest BCUT2D eigenvalue weighted by Crippen LogP contribution is 2.29. The van der Waals surface area contributed by atoms with Crippen LogP contribution in [0.1, 0.15) is 22.3 Å². The van der Waals surface area contributed by atoms with E-state index in [0.29, 0.717) is 40.8 Å². The molecule has 1 atom stereocenters. The van der Waals surface area contributed by atoms with Gasteiger partial charge in [-0.3, -0.25) is 9.59 Å². The number of benzene rings is 2. The molecule has 34 heavy (non-hydrogen) atoms. The van der Waals surface area contributed by atoms with Crippen LogP contribution in [0.3, 0.4) is 0 Å². The van der Waals surface area contributed by atoms with Crippen LogP contribution >= 0.6 is 12.2 Å². The molecule has 3 rings (SSSR count). The molecule has 0 bridgehead atoms. The van der Waals surface area contributed by atoms with Gasteiger partial charge in [0, 0.05) is 13.6 Å². The SMILES string of the molecule is CNC(=S)N(CCc1ccc(OC)c(OC)c1)[C@@H]1CC(=O)N(c2ccc(C(=O)OC)cc2)C1=O. The van der Waals surface area contributed by atoms with E-state index >= 15 is 0 Å². The molecule has 180 valence electrons. The zero-order valence-electron chi connectivity index (χ0n) is 19.5. The Labute approximate surface area is 203 Å². The zero-order valence-corrected chi connectivity index (χ0v) is 20.3. The van der Waals surface area contributed by atoms with Gasteiger partial charge in [0.1, 0.15) is 6.04 Å². The molecule has 1 N–H and O–H groups in total. The van der Waals surface area contributed by atoms with Gasteiger partial charge in [0.25, 0.3) is 5.91 Å². The van der Waals surface area contributed by atoms with Crippen molar-refractivity contribution < 1.29 is 28.6 Å². The first kappa shape index (κ1) is 25.0. The fraction of sp³-hybridized carbons (Fsp3) is 0.333. The molecule has 1 heterocycles. The third kappa shape index (κ3) is 5.12. The summed E-state index contributed by atoms with van der Waals surface area (Å²) >= 11 is 5.46. The van der Waals surface area contributed by atoms with E-state index in [1.54, 1.807) is 38.3 Å². The minimum absolute atomic E-state index is 0.00859. The summed E-state index contributed by atoms with van der Waals surface area (Å²) in [5.41, 5.74) is 1.68. The molecule has 2 aromatic rings. The molecule has 1 saturated heterocycles. The molecular formula is C24H27N3O6S. The highest BCUT2D eigenvalue weighted by molar-refractivity contribution is 7.80. The third-order valence-corrected chi connectivity index (χ3v) is 6.05. The number of rotatable bonds is 8. The maximum atomic E-state index is 13.3. The van der Waals surface area contributed by atoms with Crippen molar-refractivity contribution in [3.05, 3.63) is 53.6 Å². The highest BCUT2D eigenvalue weighted by atomic mass is 32.1. The number of amides is 2. The number of carbonyl (C=O) groups excluding carboxylic acids is 3. The van der Waals surface area contributed by atoms with Crippen molar-refractivity contribution in [2.45, 2.75) is 18.9 Å². The smallest absolute Gasteiger partial charge is 0.337 e. The highest BCUT2D eigenvalue weighted by Gasteiger charge is 2.43. The Morgan fingerprint density at radius 2 is 1.76 bits per heavy atom. The van der Waals surface area contributed by atoms with Gasteiger partial charge in [-0.25, -0.2) is 9.69 Å². The molecule has 0 saturated carbocycles. The minimum atomic E-state index is -0.743. The van der Waals surface area contributed by atoms with E-state index in [9.17, 15) is 14.4 Å². The van der Waals surface area contributed by atoms with Crippen LogP contribution in [0.25, 0.3) is 0 Å². The molecule has 1 aliphatic heterocycles. The Morgan fingerprint density at radius 1 is 1.09 bits per heavy atom. The molecule has 10 heteroatoms. The van der Waals surface area contributed by atoms with Crippen molar-refractivity contribution in [2.24, 2.45) is 0 Å². The second kappa shape index (κ2) is 11.0. The first-order valence-electron chi connectivity index (χ1n) is 10.6. The summed E-state index contributed by atoms with van der Waals surface area (Å²) < 4.78 is 15.3. The lowest BCUT2D eigenvalue weighted by Gasteiger charge is -2.29. The van der Waals surface area contributed by atoms with Gasteiger partial charge in [-0.15, -0.1) is 0 Å². The molecule has 9 nitrogen and oxygen atoms in total. The van der Waals surface area contributed by atoms with Crippen molar-refractivity contribution in [1.29, 1.82) is 0 Å². The number of thiocarbonyl (C=S) groups is 1. The third-order valence-electron chi connectivity index (χ3n) is 5.61. The maximum absolute atomic E-state index is 13.3. The number of nitrogens with zero attached hydrogens (tertiary/aromatic N) is 2. The van der Waals surface area contributed by atoms with E-state index in [2.05, 4.69) is 5.32 Å². The summed E-state index contributed by atoms with van der Waals surface area (Å²) in [6, 6.07) is 11.0. The quantitative estimate of drug-likeness (QED) is 0.343. The predicted molar refractivity (Wildman–Crippen MR) is 130 cm³/mol. The monoisotopic (exact) mass is 485 g/mol. The minimum Gasteiger partial charge on any atom is -0.493 e. The number of imide groups is 1. The number of ether oxygens (including phenoxy) is 3. The second-order valence-electron chi connectivity index (χ2n) is 7.51. The van der Waals surface area contributed by atoms with Gasteiger partial charge in [-0.2, -0.15) is 0 Å². The van der Waals surface area contributed by atoms with Crippen molar-refractivity contribution in [1.82, 2.24) is 10.2 Å². The fourth-order valence-electron chi connectivity index (χ4n) is 3.82. The summed E-state index contributed by atoms with van der Waals surface area (Å²) in [4.78, 5) is 40.6. The van der Waals surface area contributed by atoms with Crippen LogP contribution < -0.4 is 19.7 Å². The molecular weight excluding hydrogens is 458 g/mol. The van der Waals surface area contributed by atoms with Crippen LogP contribution in [0.2, 0.25) is 0 Å². The molecule has 2 aromatic carbocycles. The lowest BCUT2D eigenvalue weighted by atomic mass is 10.1. The number of hydrogen-bond donors (Lipinski definition) is 1. The number of methoxy groups -OCH3 is 3. The van der Waals surface area contributed by atoms with Gasteiger partial charge >= 0.3 is 5.97 Å². The summed E-state index contributed by atoms with van der Waals surface area (Å²) in [6.07, 6.45) is 0.555. The van der Waals surface area contributed by atoms with E-state index in [-0.39, 0.29) is 18.2 Å². The van der Waals surface area contributed by atoms with Gasteiger partial charge in [0.05, 0.1) is 39.0 Å². The number of carbonyl (C=O) groups is 3. The van der Waals surface area contributed by atoms with Gasteiger partial charge in [0.15, 0.2) is 16.6 Å². The predicted octanol–water partition coefficient (Wildman–Crippen LogP) is 2.17. The Hall–Kier alpha value is -3.66. The molecule has 0 radical (unpaired) electrons. The number of anilines is 1. The summed E-state index contributed by atoms with van der Waals surface area (Å²) in [6.45, 7) is 0.411. The van der Waals surface area contributed by atoms with E-state index in [4.69, 9.17) is 26.4 Å². The first-order valence-corrected chi connectivity index (χ1v) is 11.0. The molecule has 2 amide bonds. The van der Waals surface area contributed by atoms with Crippen LogP contribution in [0.4, 0.5) is 5.69 Å². The van der Waals surface area contributed by atoms with Crippen LogP contribution in [0.5, 0.6) is 11.5 Å². The average Bonchev–Trinajstić information content (AvgIpc) is 3.16. The standard InChI is InChI=1S/C24H27N3O6S/c1-25-24(34)26(12-11-15-5-10-19(31-2)20(13-15)32-3)18-14-21(28)27(22(18)29)17-8-6-16(7-9-17)23(30)33-4/h5-10,13,18H,11-12,14H2,1-4H3,(H,25,34)/t18-/m1/s1. The summed E-state index contributed by atoms with van der Waals surface area (Å²) in [5, 5.41) is 3.28. The zero-order chi connectivity index (χ0) is 24.8. The van der Waals surface area contributed by atoms with Gasteiger partial charge < -0.3 is 24.4 Å². The van der Waals surface area contributed by atoms with Crippen molar-refractivity contribution in [3.8, 4) is 11.5 Å². The van der Waals surface area contributed by atoms with Gasteiger partial charge in [-0.1, -0.05) is 6.07 Å². The molecule has 0 aromatic heterocycles. The van der Waals surface area contributed by atoms with E-state index in [1.807, 2.05) is 18.2 Å². The van der Waals surface area contributed by atoms with E-state index < -0.39 is 12.0 Å². The Bertz CT molecular complexity index is 1090.